The third-order valence-corrected chi connectivity index (χ3v) is 5.88. The summed E-state index contributed by atoms with van der Waals surface area (Å²) in [5, 5.41) is 7.08. The molecule has 2 amide bonds. The fourth-order valence-corrected chi connectivity index (χ4v) is 4.02. The number of anilines is 1. The molecule has 0 unspecified atom stereocenters. The fourth-order valence-electron chi connectivity index (χ4n) is 4.02. The Morgan fingerprint density at radius 2 is 2.03 bits per heavy atom. The molecule has 4 aromatic rings. The molecule has 4 heterocycles. The molecule has 1 fully saturated rings. The molecule has 1 aliphatic rings. The second-order valence-electron chi connectivity index (χ2n) is 9.78. The van der Waals surface area contributed by atoms with Crippen LogP contribution < -0.4 is 5.32 Å². The predicted molar refractivity (Wildman–Crippen MR) is 134 cm³/mol. The smallest absolute Gasteiger partial charge is 0.411 e. The van der Waals surface area contributed by atoms with Gasteiger partial charge in [0.15, 0.2) is 0 Å². The van der Waals surface area contributed by atoms with Crippen molar-refractivity contribution in [1.29, 1.82) is 0 Å². The number of benzene rings is 1. The average Bonchev–Trinajstić information content (AvgIpc) is 3.52. The number of hydrogen-bond acceptors (Lipinski definition) is 8. The van der Waals surface area contributed by atoms with Gasteiger partial charge in [-0.3, -0.25) is 14.1 Å². The lowest BCUT2D eigenvalue weighted by Crippen LogP contribution is -2.45. The number of fused-ring (bicyclic) bond motifs is 1. The first-order valence-corrected chi connectivity index (χ1v) is 11.9. The van der Waals surface area contributed by atoms with Gasteiger partial charge in [0.05, 0.1) is 19.4 Å². The number of carbonyl (C=O) groups is 2. The summed E-state index contributed by atoms with van der Waals surface area (Å²) in [6.45, 7) is 8.30. The van der Waals surface area contributed by atoms with Gasteiger partial charge in [0.2, 0.25) is 5.82 Å². The Labute approximate surface area is 213 Å². The number of aromatic nitrogens is 4. The van der Waals surface area contributed by atoms with Crippen LogP contribution in [0.3, 0.4) is 0 Å². The molecule has 5 rings (SSSR count). The predicted octanol–water partition coefficient (Wildman–Crippen LogP) is 4.25. The maximum Gasteiger partial charge on any atom is 0.411 e. The van der Waals surface area contributed by atoms with E-state index < -0.39 is 17.7 Å². The highest BCUT2D eigenvalue weighted by Crippen LogP contribution is 2.29. The molecule has 1 atom stereocenters. The molecule has 3 aromatic heterocycles. The molecule has 0 bridgehead atoms. The number of nitrogens with zero attached hydrogens (tertiary/aromatic N) is 5. The van der Waals surface area contributed by atoms with Crippen molar-refractivity contribution in [3.05, 3.63) is 65.9 Å². The second-order valence-corrected chi connectivity index (χ2v) is 9.78. The number of carbonyl (C=O) groups excluding carboxylic acids is 2. The lowest BCUT2D eigenvalue weighted by Gasteiger charge is -2.34. The highest BCUT2D eigenvalue weighted by Gasteiger charge is 2.35. The zero-order chi connectivity index (χ0) is 26.2. The minimum Gasteiger partial charge on any atom is -0.444 e. The van der Waals surface area contributed by atoms with Gasteiger partial charge in [-0.2, -0.15) is 4.98 Å². The van der Waals surface area contributed by atoms with E-state index in [1.807, 2.05) is 58.0 Å². The number of pyridine rings is 1. The van der Waals surface area contributed by atoms with Crippen LogP contribution in [0.15, 0.2) is 53.3 Å². The number of morpholine rings is 1. The highest BCUT2D eigenvalue weighted by atomic mass is 16.6. The Morgan fingerprint density at radius 1 is 1.19 bits per heavy atom. The second kappa shape index (κ2) is 9.66. The van der Waals surface area contributed by atoms with Gasteiger partial charge in [-0.25, -0.2) is 9.78 Å². The Bertz CT molecular complexity index is 1450. The number of hydrogen-bond donors (Lipinski definition) is 1. The molecule has 1 aromatic carbocycles. The van der Waals surface area contributed by atoms with Crippen molar-refractivity contribution in [2.45, 2.75) is 39.3 Å². The van der Waals surface area contributed by atoms with Crippen molar-refractivity contribution < 1.29 is 23.6 Å². The maximum absolute atomic E-state index is 13.0. The molecule has 0 aliphatic carbocycles. The first-order valence-electron chi connectivity index (χ1n) is 11.9. The van der Waals surface area contributed by atoms with Crippen molar-refractivity contribution in [3.8, 4) is 11.4 Å². The average molecular weight is 505 g/mol. The van der Waals surface area contributed by atoms with E-state index in [0.717, 1.165) is 5.56 Å². The van der Waals surface area contributed by atoms with Crippen LogP contribution in [0.25, 0.3) is 17.0 Å². The van der Waals surface area contributed by atoms with E-state index in [1.54, 1.807) is 21.6 Å². The van der Waals surface area contributed by atoms with Crippen molar-refractivity contribution in [3.63, 3.8) is 0 Å². The van der Waals surface area contributed by atoms with Crippen LogP contribution in [-0.4, -0.2) is 61.8 Å². The van der Waals surface area contributed by atoms with Gasteiger partial charge in [0, 0.05) is 24.0 Å². The fraction of sp³-hybridized carbons (Fsp3) is 0.346. The van der Waals surface area contributed by atoms with Crippen LogP contribution in [0.4, 0.5) is 10.5 Å². The minimum atomic E-state index is -0.633. The quantitative estimate of drug-likeness (QED) is 0.437. The molecule has 0 radical (unpaired) electrons. The Morgan fingerprint density at radius 3 is 2.84 bits per heavy atom. The van der Waals surface area contributed by atoms with Gasteiger partial charge in [-0.1, -0.05) is 23.4 Å². The van der Waals surface area contributed by atoms with Crippen molar-refractivity contribution in [2.24, 2.45) is 0 Å². The van der Waals surface area contributed by atoms with Crippen LogP contribution >= 0.6 is 0 Å². The molecule has 1 aliphatic heterocycles. The summed E-state index contributed by atoms with van der Waals surface area (Å²) in [5.41, 5.74) is 2.59. The van der Waals surface area contributed by atoms with E-state index >= 15 is 0 Å². The molecule has 11 heteroatoms. The van der Waals surface area contributed by atoms with Gasteiger partial charge >= 0.3 is 6.09 Å². The number of rotatable bonds is 4. The van der Waals surface area contributed by atoms with Gasteiger partial charge < -0.3 is 19.3 Å². The summed E-state index contributed by atoms with van der Waals surface area (Å²) in [5.74, 6) is 0.285. The van der Waals surface area contributed by atoms with Crippen molar-refractivity contribution >= 4 is 23.3 Å². The van der Waals surface area contributed by atoms with E-state index in [1.165, 1.54) is 6.20 Å². The monoisotopic (exact) mass is 504 g/mol. The number of imidazole rings is 1. The zero-order valence-corrected chi connectivity index (χ0v) is 21.1. The molecular formula is C26H28N6O5. The highest BCUT2D eigenvalue weighted by molar-refractivity contribution is 6.04. The van der Waals surface area contributed by atoms with E-state index in [2.05, 4.69) is 20.4 Å². The van der Waals surface area contributed by atoms with E-state index in [4.69, 9.17) is 14.0 Å². The Hall–Kier alpha value is -4.25. The lowest BCUT2D eigenvalue weighted by atomic mass is 10.1. The molecule has 192 valence electrons. The zero-order valence-electron chi connectivity index (χ0n) is 21.1. The topological polar surface area (TPSA) is 124 Å². The molecule has 0 saturated carbocycles. The first-order chi connectivity index (χ1) is 17.7. The SMILES string of the molecule is Cc1ccc(-c2noc([C@@H]3COCCN3C(=O)OC(C)(C)C)n2)cc1NC(=O)c1cnc2ccccn12. The van der Waals surface area contributed by atoms with Crippen LogP contribution in [0.5, 0.6) is 0 Å². The van der Waals surface area contributed by atoms with E-state index in [0.29, 0.717) is 41.6 Å². The summed E-state index contributed by atoms with van der Waals surface area (Å²) in [6.07, 6.45) is 2.86. The van der Waals surface area contributed by atoms with E-state index in [9.17, 15) is 9.59 Å². The molecule has 1 N–H and O–H groups in total. The van der Waals surface area contributed by atoms with Gasteiger partial charge in [0.1, 0.15) is 23.0 Å². The van der Waals surface area contributed by atoms with Crippen LogP contribution in [0.2, 0.25) is 0 Å². The third-order valence-electron chi connectivity index (χ3n) is 5.88. The van der Waals surface area contributed by atoms with E-state index in [-0.39, 0.29) is 18.4 Å². The van der Waals surface area contributed by atoms with Crippen LogP contribution in [-0.2, 0) is 9.47 Å². The summed E-state index contributed by atoms with van der Waals surface area (Å²) in [7, 11) is 0. The normalized spacial score (nSPS) is 16.1. The lowest BCUT2D eigenvalue weighted by molar-refractivity contribution is -0.0401. The van der Waals surface area contributed by atoms with Crippen LogP contribution in [0.1, 0.15) is 48.8 Å². The summed E-state index contributed by atoms with van der Waals surface area (Å²) in [4.78, 5) is 36.1. The van der Waals surface area contributed by atoms with Gasteiger partial charge in [-0.05, 0) is 51.5 Å². The summed E-state index contributed by atoms with van der Waals surface area (Å²) in [6, 6.07) is 10.5. The number of ether oxygens (including phenoxy) is 2. The summed E-state index contributed by atoms with van der Waals surface area (Å²) >= 11 is 0. The minimum absolute atomic E-state index is 0.218. The molecule has 37 heavy (non-hydrogen) atoms. The molecule has 11 nitrogen and oxygen atoms in total. The third kappa shape index (κ3) is 5.17. The first kappa shape index (κ1) is 24.4. The largest absolute Gasteiger partial charge is 0.444 e. The molecular weight excluding hydrogens is 476 g/mol. The summed E-state index contributed by atoms with van der Waals surface area (Å²) < 4.78 is 18.4. The van der Waals surface area contributed by atoms with Crippen LogP contribution in [0, 0.1) is 6.92 Å². The standard InChI is InChI=1S/C26H28N6O5/c1-16-8-9-17(13-18(16)28-23(33)19-14-27-21-7-5-6-10-31(19)21)22-29-24(37-30-22)20-15-35-12-11-32(20)25(34)36-26(2,3)4/h5-10,13-14,20H,11-12,15H2,1-4H3,(H,28,33)/t20-/m0/s1. The Balaban J connectivity index is 1.37. The molecule has 1 saturated heterocycles. The van der Waals surface area contributed by atoms with Gasteiger partial charge in [0.25, 0.3) is 11.8 Å². The van der Waals surface area contributed by atoms with Crippen molar-refractivity contribution in [2.75, 3.05) is 25.1 Å². The number of aryl methyl sites for hydroxylation is 1. The molecule has 0 spiro atoms. The number of amides is 2. The number of nitrogens with one attached hydrogen (secondary N) is 1. The van der Waals surface area contributed by atoms with Gasteiger partial charge in [-0.15, -0.1) is 0 Å². The Kier molecular flexibility index (Phi) is 6.38. The maximum atomic E-state index is 13.0. The van der Waals surface area contributed by atoms with Crippen molar-refractivity contribution in [1.82, 2.24) is 24.4 Å².